The van der Waals surface area contributed by atoms with Crippen LogP contribution in [-0.2, 0) is 0 Å². The lowest BCUT2D eigenvalue weighted by atomic mass is 10.1. The number of benzene rings is 1. The van der Waals surface area contributed by atoms with E-state index in [1.165, 1.54) is 0 Å². The van der Waals surface area contributed by atoms with E-state index in [-0.39, 0.29) is 0 Å². The van der Waals surface area contributed by atoms with Crippen molar-refractivity contribution in [2.24, 2.45) is 5.10 Å². The molecule has 0 aliphatic carbocycles. The van der Waals surface area contributed by atoms with Gasteiger partial charge >= 0.3 is 0 Å². The third kappa shape index (κ3) is 3.20. The van der Waals surface area contributed by atoms with E-state index < -0.39 is 0 Å². The third-order valence-corrected chi connectivity index (χ3v) is 4.23. The van der Waals surface area contributed by atoms with E-state index in [0.29, 0.717) is 0 Å². The second-order valence-electron chi connectivity index (χ2n) is 5.83. The van der Waals surface area contributed by atoms with Gasteiger partial charge in [0.2, 0.25) is 0 Å². The molecule has 120 valence electrons. The number of anilines is 1. The van der Waals surface area contributed by atoms with Crippen molar-refractivity contribution < 1.29 is 0 Å². The first-order valence-corrected chi connectivity index (χ1v) is 8.18. The molecule has 0 unspecified atom stereocenters. The molecule has 0 saturated carbocycles. The van der Waals surface area contributed by atoms with E-state index in [0.717, 1.165) is 48.5 Å². The zero-order chi connectivity index (χ0) is 16.2. The fraction of sp³-hybridized carbons (Fsp3) is 0.211. The Morgan fingerprint density at radius 2 is 1.75 bits per heavy atom. The number of aromatic nitrogens is 2. The van der Waals surface area contributed by atoms with E-state index in [9.17, 15) is 0 Å². The molecule has 3 aromatic rings. The molecule has 1 aromatic carbocycles. The highest BCUT2D eigenvalue weighted by molar-refractivity contribution is 5.88. The highest BCUT2D eigenvalue weighted by Crippen LogP contribution is 2.14. The molecule has 3 heterocycles. The van der Waals surface area contributed by atoms with Gasteiger partial charge in [-0.3, -0.25) is 9.99 Å². The van der Waals surface area contributed by atoms with Gasteiger partial charge in [0.25, 0.3) is 0 Å². The lowest BCUT2D eigenvalue weighted by Crippen LogP contribution is -2.44. The number of hydrazone groups is 1. The Morgan fingerprint density at radius 1 is 0.875 bits per heavy atom. The Hall–Kier alpha value is -2.95. The monoisotopic (exact) mass is 317 g/mol. The van der Waals surface area contributed by atoms with Crippen LogP contribution in [0.3, 0.4) is 0 Å². The van der Waals surface area contributed by atoms with E-state index in [4.69, 9.17) is 0 Å². The Bertz CT molecular complexity index is 839. The summed E-state index contributed by atoms with van der Waals surface area (Å²) in [5.41, 5.74) is 2.11. The van der Waals surface area contributed by atoms with Crippen molar-refractivity contribution in [1.82, 2.24) is 15.0 Å². The van der Waals surface area contributed by atoms with Crippen molar-refractivity contribution in [2.45, 2.75) is 0 Å². The second kappa shape index (κ2) is 6.66. The van der Waals surface area contributed by atoms with Crippen molar-refractivity contribution >= 4 is 22.9 Å². The summed E-state index contributed by atoms with van der Waals surface area (Å²) in [6, 6.07) is 16.3. The minimum absolute atomic E-state index is 0.905. The van der Waals surface area contributed by atoms with Crippen LogP contribution in [0.2, 0.25) is 0 Å². The molecule has 0 amide bonds. The summed E-state index contributed by atoms with van der Waals surface area (Å²) in [4.78, 5) is 11.1. The molecule has 1 aliphatic rings. The van der Waals surface area contributed by atoms with Crippen LogP contribution in [0.5, 0.6) is 0 Å². The zero-order valence-electron chi connectivity index (χ0n) is 13.4. The quantitative estimate of drug-likeness (QED) is 0.697. The highest BCUT2D eigenvalue weighted by Gasteiger charge is 2.16. The molecule has 24 heavy (non-hydrogen) atoms. The minimum Gasteiger partial charge on any atom is -0.353 e. The number of nitrogens with zero attached hydrogens (tertiary/aromatic N) is 5. The summed E-state index contributed by atoms with van der Waals surface area (Å²) in [5, 5.41) is 7.89. The lowest BCUT2D eigenvalue weighted by Gasteiger charge is -2.33. The van der Waals surface area contributed by atoms with E-state index in [1.807, 2.05) is 42.9 Å². The molecule has 0 radical (unpaired) electrons. The van der Waals surface area contributed by atoms with Crippen LogP contribution in [-0.4, -0.2) is 47.4 Å². The Kier molecular flexibility index (Phi) is 4.06. The molecule has 4 rings (SSSR count). The first-order valence-electron chi connectivity index (χ1n) is 8.18. The molecule has 0 spiro atoms. The van der Waals surface area contributed by atoms with Crippen LogP contribution in [0.15, 0.2) is 66.0 Å². The van der Waals surface area contributed by atoms with Gasteiger partial charge in [0, 0.05) is 30.9 Å². The van der Waals surface area contributed by atoms with Crippen molar-refractivity contribution in [3.05, 3.63) is 66.5 Å². The first-order chi connectivity index (χ1) is 11.9. The highest BCUT2D eigenvalue weighted by atomic mass is 15.5. The summed E-state index contributed by atoms with van der Waals surface area (Å²) in [7, 11) is 0. The van der Waals surface area contributed by atoms with Crippen LogP contribution in [0, 0.1) is 0 Å². The summed E-state index contributed by atoms with van der Waals surface area (Å²) < 4.78 is 0. The maximum absolute atomic E-state index is 4.63. The number of hydrogen-bond donors (Lipinski definition) is 0. The van der Waals surface area contributed by atoms with Gasteiger partial charge in [-0.15, -0.1) is 0 Å². The van der Waals surface area contributed by atoms with Gasteiger partial charge in [-0.25, -0.2) is 4.98 Å². The molecule has 0 bridgehead atoms. The van der Waals surface area contributed by atoms with Crippen molar-refractivity contribution in [3.8, 4) is 0 Å². The molecule has 1 fully saturated rings. The number of fused-ring (bicyclic) bond motifs is 1. The Labute approximate surface area is 141 Å². The smallest absolute Gasteiger partial charge is 0.128 e. The fourth-order valence-corrected chi connectivity index (χ4v) is 2.90. The number of piperazine rings is 1. The maximum atomic E-state index is 4.63. The van der Waals surface area contributed by atoms with E-state index >= 15 is 0 Å². The molecule has 2 aromatic heterocycles. The van der Waals surface area contributed by atoms with Crippen LogP contribution in [0.1, 0.15) is 5.56 Å². The molecular formula is C19H19N5. The zero-order valence-corrected chi connectivity index (χ0v) is 13.4. The summed E-state index contributed by atoms with van der Waals surface area (Å²) in [5.74, 6) is 1.04. The van der Waals surface area contributed by atoms with Gasteiger partial charge in [-0.05, 0) is 35.9 Å². The summed E-state index contributed by atoms with van der Waals surface area (Å²) in [6.45, 7) is 3.69. The number of pyridine rings is 2. The molecule has 5 nitrogen and oxygen atoms in total. The summed E-state index contributed by atoms with van der Waals surface area (Å²) in [6.07, 6.45) is 5.59. The van der Waals surface area contributed by atoms with Gasteiger partial charge in [0.1, 0.15) is 5.82 Å². The average Bonchev–Trinajstić information content (AvgIpc) is 2.67. The van der Waals surface area contributed by atoms with Gasteiger partial charge in [-0.2, -0.15) is 5.10 Å². The largest absolute Gasteiger partial charge is 0.353 e. The molecular weight excluding hydrogens is 298 g/mol. The SMILES string of the molecule is C(=NN1CCN(c2ccccn2)CC1)c1ccc2ncccc2c1. The average molecular weight is 317 g/mol. The van der Waals surface area contributed by atoms with Crippen LogP contribution >= 0.6 is 0 Å². The predicted octanol–water partition coefficient (Wildman–Crippen LogP) is 2.79. The van der Waals surface area contributed by atoms with Crippen LogP contribution in [0.4, 0.5) is 5.82 Å². The maximum Gasteiger partial charge on any atom is 0.128 e. The van der Waals surface area contributed by atoms with Crippen LogP contribution < -0.4 is 4.90 Å². The van der Waals surface area contributed by atoms with Crippen molar-refractivity contribution in [1.29, 1.82) is 0 Å². The first kappa shape index (κ1) is 14.6. The molecule has 1 saturated heterocycles. The Morgan fingerprint density at radius 3 is 2.58 bits per heavy atom. The van der Waals surface area contributed by atoms with Gasteiger partial charge < -0.3 is 4.90 Å². The molecule has 0 atom stereocenters. The van der Waals surface area contributed by atoms with Gasteiger partial charge in [0.05, 0.1) is 24.8 Å². The fourth-order valence-electron chi connectivity index (χ4n) is 2.90. The Balaban J connectivity index is 1.40. The molecule has 0 N–H and O–H groups in total. The van der Waals surface area contributed by atoms with Crippen molar-refractivity contribution in [2.75, 3.05) is 31.1 Å². The minimum atomic E-state index is 0.905. The molecule has 1 aliphatic heterocycles. The van der Waals surface area contributed by atoms with Gasteiger partial charge in [0.15, 0.2) is 0 Å². The van der Waals surface area contributed by atoms with E-state index in [1.54, 1.807) is 0 Å². The van der Waals surface area contributed by atoms with Crippen LogP contribution in [0.25, 0.3) is 10.9 Å². The topological polar surface area (TPSA) is 44.6 Å². The number of rotatable bonds is 3. The summed E-state index contributed by atoms with van der Waals surface area (Å²) >= 11 is 0. The van der Waals surface area contributed by atoms with E-state index in [2.05, 4.69) is 49.2 Å². The lowest BCUT2D eigenvalue weighted by molar-refractivity contribution is 0.271. The van der Waals surface area contributed by atoms with Crippen molar-refractivity contribution in [3.63, 3.8) is 0 Å². The normalized spacial score (nSPS) is 15.3. The van der Waals surface area contributed by atoms with Gasteiger partial charge in [-0.1, -0.05) is 18.2 Å². The molecule has 5 heteroatoms. The second-order valence-corrected chi connectivity index (χ2v) is 5.83. The third-order valence-electron chi connectivity index (χ3n) is 4.23. The number of hydrogen-bond acceptors (Lipinski definition) is 5. The predicted molar refractivity (Wildman–Crippen MR) is 97.4 cm³/mol. The standard InChI is InChI=1S/C19H19N5/c1-2-8-21-19(5-1)23-10-12-24(13-11-23)22-15-16-6-7-18-17(14-16)4-3-9-20-18/h1-9,14-15H,10-13H2.